The quantitative estimate of drug-likeness (QED) is 0.692. The van der Waals surface area contributed by atoms with Crippen LogP contribution in [0.3, 0.4) is 0 Å². The lowest BCUT2D eigenvalue weighted by Gasteiger charge is -2.38. The lowest BCUT2D eigenvalue weighted by atomic mass is 10.1. The highest BCUT2D eigenvalue weighted by molar-refractivity contribution is 7.18. The molecule has 0 spiro atoms. The van der Waals surface area contributed by atoms with Crippen molar-refractivity contribution in [3.8, 4) is 6.07 Å². The maximum absolute atomic E-state index is 14.6. The molecule has 1 atom stereocenters. The minimum absolute atomic E-state index is 0.118. The zero-order valence-corrected chi connectivity index (χ0v) is 16.0. The fraction of sp³-hybridized carbons (Fsp3) is 0.368. The summed E-state index contributed by atoms with van der Waals surface area (Å²) in [7, 11) is 0. The Kier molecular flexibility index (Phi) is 4.72. The molecule has 1 saturated heterocycles. The summed E-state index contributed by atoms with van der Waals surface area (Å²) in [6.45, 7) is 7.07. The first-order valence-electron chi connectivity index (χ1n) is 8.84. The van der Waals surface area contributed by atoms with Crippen LogP contribution in [-0.2, 0) is 0 Å². The molecule has 4 rings (SSSR count). The van der Waals surface area contributed by atoms with Gasteiger partial charge in [-0.05, 0) is 32.0 Å². The van der Waals surface area contributed by atoms with Crippen LogP contribution in [0.25, 0.3) is 10.3 Å². The third-order valence-corrected chi connectivity index (χ3v) is 5.84. The Balaban J connectivity index is 1.47. The Morgan fingerprint density at radius 3 is 2.67 bits per heavy atom. The van der Waals surface area contributed by atoms with Gasteiger partial charge in [-0.1, -0.05) is 0 Å². The number of thiazole rings is 1. The summed E-state index contributed by atoms with van der Waals surface area (Å²) in [6, 6.07) is 7.17. The molecule has 0 radical (unpaired) electrons. The second-order valence-electron chi connectivity index (χ2n) is 6.63. The highest BCUT2D eigenvalue weighted by Gasteiger charge is 2.26. The molecule has 27 heavy (non-hydrogen) atoms. The first-order valence-corrected chi connectivity index (χ1v) is 9.65. The molecule has 4 heterocycles. The maximum atomic E-state index is 14.6. The number of pyridine rings is 2. The summed E-state index contributed by atoms with van der Waals surface area (Å²) in [5.41, 5.74) is 1.64. The van der Waals surface area contributed by atoms with Gasteiger partial charge in [0.05, 0.1) is 27.0 Å². The van der Waals surface area contributed by atoms with Crippen LogP contribution >= 0.6 is 11.3 Å². The van der Waals surface area contributed by atoms with Gasteiger partial charge in [-0.3, -0.25) is 4.90 Å². The van der Waals surface area contributed by atoms with Crippen LogP contribution in [0.15, 0.2) is 24.4 Å². The number of hydrogen-bond donors (Lipinski definition) is 0. The SMILES string of the molecule is Cc1nc2nc(C(C)N3CCN(c4ccc(C#N)cn4)CC3)c(F)cc2s1. The summed E-state index contributed by atoms with van der Waals surface area (Å²) >= 11 is 1.46. The number of rotatable bonds is 3. The molecule has 0 aliphatic carbocycles. The predicted molar refractivity (Wildman–Crippen MR) is 103 cm³/mol. The van der Waals surface area contributed by atoms with Gasteiger partial charge in [-0.15, -0.1) is 11.3 Å². The number of fused-ring (bicyclic) bond motifs is 1. The van der Waals surface area contributed by atoms with Crippen LogP contribution in [-0.4, -0.2) is 46.0 Å². The van der Waals surface area contributed by atoms with Gasteiger partial charge < -0.3 is 4.90 Å². The largest absolute Gasteiger partial charge is 0.354 e. The van der Waals surface area contributed by atoms with Crippen LogP contribution in [0.4, 0.5) is 10.2 Å². The second-order valence-corrected chi connectivity index (χ2v) is 7.86. The summed E-state index contributed by atoms with van der Waals surface area (Å²) in [5, 5.41) is 9.78. The number of hydrogen-bond acceptors (Lipinski definition) is 7. The van der Waals surface area contributed by atoms with Gasteiger partial charge in [0.25, 0.3) is 0 Å². The molecular formula is C19H19FN6S. The smallest absolute Gasteiger partial charge is 0.171 e. The van der Waals surface area contributed by atoms with E-state index in [0.29, 0.717) is 16.9 Å². The number of nitrogens with zero attached hydrogens (tertiary/aromatic N) is 6. The number of aryl methyl sites for hydroxylation is 1. The molecule has 3 aromatic heterocycles. The van der Waals surface area contributed by atoms with Crippen LogP contribution < -0.4 is 4.90 Å². The van der Waals surface area contributed by atoms with Gasteiger partial charge in [-0.2, -0.15) is 5.26 Å². The lowest BCUT2D eigenvalue weighted by Crippen LogP contribution is -2.47. The lowest BCUT2D eigenvalue weighted by molar-refractivity contribution is 0.191. The molecule has 6 nitrogen and oxygen atoms in total. The van der Waals surface area contributed by atoms with Gasteiger partial charge in [0, 0.05) is 32.4 Å². The molecule has 1 aliphatic rings. The first kappa shape index (κ1) is 17.8. The van der Waals surface area contributed by atoms with E-state index < -0.39 is 0 Å². The van der Waals surface area contributed by atoms with Crippen molar-refractivity contribution in [1.82, 2.24) is 19.9 Å². The van der Waals surface area contributed by atoms with Crippen molar-refractivity contribution in [2.75, 3.05) is 31.1 Å². The molecule has 0 saturated carbocycles. The molecule has 0 bridgehead atoms. The third kappa shape index (κ3) is 3.48. The molecule has 1 aliphatic heterocycles. The van der Waals surface area contributed by atoms with Crippen molar-refractivity contribution in [3.63, 3.8) is 0 Å². The topological polar surface area (TPSA) is 68.9 Å². The van der Waals surface area contributed by atoms with E-state index in [2.05, 4.69) is 30.8 Å². The molecule has 138 valence electrons. The van der Waals surface area contributed by atoms with Gasteiger partial charge in [-0.25, -0.2) is 19.3 Å². The molecule has 3 aromatic rings. The number of aromatic nitrogens is 3. The number of piperazine rings is 1. The third-order valence-electron chi connectivity index (χ3n) is 4.93. The Hall–Kier alpha value is -2.63. The van der Waals surface area contributed by atoms with Crippen LogP contribution in [0.5, 0.6) is 0 Å². The highest BCUT2D eigenvalue weighted by Crippen LogP contribution is 2.28. The van der Waals surface area contributed by atoms with E-state index in [0.717, 1.165) is 41.7 Å². The monoisotopic (exact) mass is 382 g/mol. The van der Waals surface area contributed by atoms with Crippen molar-refractivity contribution in [3.05, 3.63) is 46.5 Å². The zero-order valence-electron chi connectivity index (χ0n) is 15.2. The zero-order chi connectivity index (χ0) is 19.0. The van der Waals surface area contributed by atoms with E-state index in [4.69, 9.17) is 5.26 Å². The molecule has 0 amide bonds. The Morgan fingerprint density at radius 1 is 1.22 bits per heavy atom. The highest BCUT2D eigenvalue weighted by atomic mass is 32.1. The molecule has 0 aromatic carbocycles. The molecule has 0 N–H and O–H groups in total. The summed E-state index contributed by atoms with van der Waals surface area (Å²) in [6.07, 6.45) is 1.59. The van der Waals surface area contributed by atoms with Crippen LogP contribution in [0.2, 0.25) is 0 Å². The summed E-state index contributed by atoms with van der Waals surface area (Å²) < 4.78 is 15.4. The fourth-order valence-corrected chi connectivity index (χ4v) is 4.20. The molecular weight excluding hydrogens is 363 g/mol. The number of nitriles is 1. The van der Waals surface area contributed by atoms with Crippen molar-refractivity contribution in [2.45, 2.75) is 19.9 Å². The maximum Gasteiger partial charge on any atom is 0.171 e. The Morgan fingerprint density at radius 2 is 2.00 bits per heavy atom. The molecule has 1 fully saturated rings. The second kappa shape index (κ2) is 7.18. The van der Waals surface area contributed by atoms with E-state index in [-0.39, 0.29) is 11.9 Å². The fourth-order valence-electron chi connectivity index (χ4n) is 3.41. The van der Waals surface area contributed by atoms with Crippen molar-refractivity contribution in [2.24, 2.45) is 0 Å². The molecule has 8 heteroatoms. The van der Waals surface area contributed by atoms with Gasteiger partial charge in [0.1, 0.15) is 17.7 Å². The van der Waals surface area contributed by atoms with E-state index in [1.165, 1.54) is 11.3 Å². The normalized spacial score (nSPS) is 16.4. The van der Waals surface area contributed by atoms with Gasteiger partial charge in [0.2, 0.25) is 0 Å². The van der Waals surface area contributed by atoms with Crippen molar-refractivity contribution >= 4 is 27.5 Å². The van der Waals surface area contributed by atoms with Crippen LogP contribution in [0.1, 0.15) is 29.2 Å². The summed E-state index contributed by atoms with van der Waals surface area (Å²) in [5.74, 6) is 0.597. The first-order chi connectivity index (χ1) is 13.0. The van der Waals surface area contributed by atoms with Gasteiger partial charge >= 0.3 is 0 Å². The standard InChI is InChI=1S/C19H19FN6S/c1-12(18-15(20)9-16-19(24-18)23-13(2)27-16)25-5-7-26(8-6-25)17-4-3-14(10-21)11-22-17/h3-4,9,11-12H,5-8H2,1-2H3. The van der Waals surface area contributed by atoms with Gasteiger partial charge in [0.15, 0.2) is 5.65 Å². The minimum Gasteiger partial charge on any atom is -0.354 e. The van der Waals surface area contributed by atoms with E-state index in [1.807, 2.05) is 19.9 Å². The average molecular weight is 382 g/mol. The van der Waals surface area contributed by atoms with E-state index >= 15 is 0 Å². The van der Waals surface area contributed by atoms with Crippen LogP contribution in [0, 0.1) is 24.1 Å². The van der Waals surface area contributed by atoms with Crippen molar-refractivity contribution < 1.29 is 4.39 Å². The Labute approximate surface area is 160 Å². The number of halogens is 1. The predicted octanol–water partition coefficient (Wildman–Crippen LogP) is 3.29. The summed E-state index contributed by atoms with van der Waals surface area (Å²) in [4.78, 5) is 17.7. The number of anilines is 1. The average Bonchev–Trinajstić information content (AvgIpc) is 3.06. The molecule has 1 unspecified atom stereocenters. The van der Waals surface area contributed by atoms with E-state index in [9.17, 15) is 4.39 Å². The Bertz CT molecular complexity index is 1000. The van der Waals surface area contributed by atoms with E-state index in [1.54, 1.807) is 18.3 Å². The van der Waals surface area contributed by atoms with Crippen molar-refractivity contribution in [1.29, 1.82) is 5.26 Å². The minimum atomic E-state index is -0.269.